The van der Waals surface area contributed by atoms with Gasteiger partial charge in [-0.3, -0.25) is 14.3 Å². The number of fused-ring (bicyclic) bond motifs is 1. The van der Waals surface area contributed by atoms with E-state index in [0.717, 1.165) is 48.7 Å². The minimum Gasteiger partial charge on any atom is -0.356 e. The van der Waals surface area contributed by atoms with Gasteiger partial charge in [-0.25, -0.2) is 4.98 Å². The van der Waals surface area contributed by atoms with Crippen molar-refractivity contribution in [3.63, 3.8) is 0 Å². The van der Waals surface area contributed by atoms with Gasteiger partial charge in [-0.1, -0.05) is 12.1 Å². The molecule has 3 aromatic rings. The Labute approximate surface area is 175 Å². The third-order valence-corrected chi connectivity index (χ3v) is 5.70. The molecule has 8 heteroatoms. The number of para-hydroxylation sites is 2. The monoisotopic (exact) mass is 408 g/mol. The van der Waals surface area contributed by atoms with Crippen LogP contribution in [0, 0.1) is 5.92 Å². The van der Waals surface area contributed by atoms with Crippen molar-refractivity contribution in [2.45, 2.75) is 44.6 Å². The molecule has 0 radical (unpaired) electrons. The van der Waals surface area contributed by atoms with E-state index in [1.54, 1.807) is 4.68 Å². The molecule has 4 rings (SSSR count). The molecule has 2 heterocycles. The highest BCUT2D eigenvalue weighted by atomic mass is 16.2. The molecule has 1 aliphatic rings. The van der Waals surface area contributed by atoms with Crippen molar-refractivity contribution >= 4 is 22.8 Å². The summed E-state index contributed by atoms with van der Waals surface area (Å²) in [4.78, 5) is 32.5. The Hall–Kier alpha value is -3.16. The number of nitrogens with one attached hydrogen (secondary N) is 3. The fourth-order valence-corrected chi connectivity index (χ4v) is 4.10. The molecule has 158 valence electrons. The SMILES string of the molecule is Cn1cc(CCNC(=O)C2CCC(NC(=O)Cc3nc4ccccc4[nH]3)CC2)cn1. The Morgan fingerprint density at radius 3 is 2.73 bits per heavy atom. The molecule has 1 aliphatic carbocycles. The normalized spacial score (nSPS) is 19.0. The van der Waals surface area contributed by atoms with Crippen LogP contribution in [0.5, 0.6) is 0 Å². The number of hydrogen-bond acceptors (Lipinski definition) is 4. The standard InChI is InChI=1S/C22H28N6O2/c1-28-14-15(13-24-28)10-11-23-22(30)16-6-8-17(9-7-16)25-21(29)12-20-26-18-4-2-3-5-19(18)27-20/h2-5,13-14,16-17H,6-12H2,1H3,(H,23,30)(H,25,29)(H,26,27). The third-order valence-electron chi connectivity index (χ3n) is 5.70. The number of carbonyl (C=O) groups excluding carboxylic acids is 2. The molecule has 3 N–H and O–H groups in total. The van der Waals surface area contributed by atoms with E-state index in [-0.39, 0.29) is 30.2 Å². The van der Waals surface area contributed by atoms with Crippen LogP contribution in [0.15, 0.2) is 36.7 Å². The number of amides is 2. The molecule has 0 unspecified atom stereocenters. The van der Waals surface area contributed by atoms with Crippen LogP contribution in [0.3, 0.4) is 0 Å². The van der Waals surface area contributed by atoms with Crippen LogP contribution in [-0.2, 0) is 29.5 Å². The molecule has 1 saturated carbocycles. The van der Waals surface area contributed by atoms with E-state index < -0.39 is 0 Å². The zero-order valence-electron chi connectivity index (χ0n) is 17.2. The second-order valence-electron chi connectivity index (χ2n) is 8.06. The predicted molar refractivity (Wildman–Crippen MR) is 114 cm³/mol. The number of carbonyl (C=O) groups is 2. The van der Waals surface area contributed by atoms with Gasteiger partial charge < -0.3 is 15.6 Å². The molecule has 8 nitrogen and oxygen atoms in total. The summed E-state index contributed by atoms with van der Waals surface area (Å²) in [6, 6.07) is 7.88. The van der Waals surface area contributed by atoms with E-state index >= 15 is 0 Å². The van der Waals surface area contributed by atoms with Crippen molar-refractivity contribution in [1.82, 2.24) is 30.4 Å². The molecule has 0 saturated heterocycles. The minimum absolute atomic E-state index is 0.0292. The van der Waals surface area contributed by atoms with Crippen LogP contribution in [0.25, 0.3) is 11.0 Å². The Balaban J connectivity index is 1.17. The number of H-pyrrole nitrogens is 1. The summed E-state index contributed by atoms with van der Waals surface area (Å²) >= 11 is 0. The van der Waals surface area contributed by atoms with Crippen molar-refractivity contribution < 1.29 is 9.59 Å². The van der Waals surface area contributed by atoms with E-state index in [1.807, 2.05) is 43.7 Å². The summed E-state index contributed by atoms with van der Waals surface area (Å²) in [5, 5.41) is 10.3. The number of aryl methyl sites for hydroxylation is 1. The van der Waals surface area contributed by atoms with E-state index in [0.29, 0.717) is 12.4 Å². The number of rotatable bonds is 7. The summed E-state index contributed by atoms with van der Waals surface area (Å²) in [7, 11) is 1.88. The Bertz CT molecular complexity index is 982. The first-order chi connectivity index (χ1) is 14.6. The Morgan fingerprint density at radius 1 is 1.20 bits per heavy atom. The van der Waals surface area contributed by atoms with Crippen LogP contribution in [0.4, 0.5) is 0 Å². The average molecular weight is 409 g/mol. The molecule has 0 bridgehead atoms. The van der Waals surface area contributed by atoms with Gasteiger partial charge in [0.1, 0.15) is 5.82 Å². The number of nitrogens with zero attached hydrogens (tertiary/aromatic N) is 3. The highest BCUT2D eigenvalue weighted by Gasteiger charge is 2.27. The highest BCUT2D eigenvalue weighted by Crippen LogP contribution is 2.24. The second kappa shape index (κ2) is 9.11. The third kappa shape index (κ3) is 5.06. The first kappa shape index (κ1) is 20.1. The summed E-state index contributed by atoms with van der Waals surface area (Å²) in [5.74, 6) is 0.794. The zero-order valence-corrected chi connectivity index (χ0v) is 17.2. The number of aromatic amines is 1. The summed E-state index contributed by atoms with van der Waals surface area (Å²) < 4.78 is 1.76. The molecule has 2 amide bonds. The number of hydrogen-bond donors (Lipinski definition) is 3. The van der Waals surface area contributed by atoms with Gasteiger partial charge in [-0.15, -0.1) is 0 Å². The van der Waals surface area contributed by atoms with Gasteiger partial charge in [0.2, 0.25) is 11.8 Å². The lowest BCUT2D eigenvalue weighted by atomic mass is 9.85. The van der Waals surface area contributed by atoms with Gasteiger partial charge in [0.05, 0.1) is 23.7 Å². The average Bonchev–Trinajstić information content (AvgIpc) is 3.33. The van der Waals surface area contributed by atoms with Crippen LogP contribution in [0.1, 0.15) is 37.1 Å². The second-order valence-corrected chi connectivity index (χ2v) is 8.06. The number of aromatic nitrogens is 4. The largest absolute Gasteiger partial charge is 0.356 e. The van der Waals surface area contributed by atoms with Gasteiger partial charge in [0.25, 0.3) is 0 Å². The topological polar surface area (TPSA) is 105 Å². The maximum atomic E-state index is 12.4. The molecule has 30 heavy (non-hydrogen) atoms. The van der Waals surface area contributed by atoms with Crippen LogP contribution >= 0.6 is 0 Å². The highest BCUT2D eigenvalue weighted by molar-refractivity contribution is 5.81. The fourth-order valence-electron chi connectivity index (χ4n) is 4.10. The summed E-state index contributed by atoms with van der Waals surface area (Å²) in [5.41, 5.74) is 2.93. The summed E-state index contributed by atoms with van der Waals surface area (Å²) in [6.45, 7) is 0.624. The zero-order chi connectivity index (χ0) is 20.9. The molecule has 0 atom stereocenters. The van der Waals surface area contributed by atoms with Gasteiger partial charge in [-0.2, -0.15) is 5.10 Å². The van der Waals surface area contributed by atoms with Gasteiger partial charge >= 0.3 is 0 Å². The van der Waals surface area contributed by atoms with Gasteiger partial charge in [-0.05, 0) is 49.8 Å². The quantitative estimate of drug-likeness (QED) is 0.555. The lowest BCUT2D eigenvalue weighted by Gasteiger charge is -2.28. The molecular formula is C22H28N6O2. The van der Waals surface area contributed by atoms with Crippen molar-refractivity contribution in [3.05, 3.63) is 48.0 Å². The maximum Gasteiger partial charge on any atom is 0.227 e. The Kier molecular flexibility index (Phi) is 6.11. The van der Waals surface area contributed by atoms with Gasteiger partial charge in [0, 0.05) is 31.7 Å². The smallest absolute Gasteiger partial charge is 0.227 e. The molecule has 2 aromatic heterocycles. The van der Waals surface area contributed by atoms with E-state index in [9.17, 15) is 9.59 Å². The van der Waals surface area contributed by atoms with Crippen molar-refractivity contribution in [3.8, 4) is 0 Å². The van der Waals surface area contributed by atoms with E-state index in [4.69, 9.17) is 0 Å². The minimum atomic E-state index is -0.0292. The van der Waals surface area contributed by atoms with Crippen LogP contribution < -0.4 is 10.6 Å². The first-order valence-electron chi connectivity index (χ1n) is 10.5. The lowest BCUT2D eigenvalue weighted by Crippen LogP contribution is -2.41. The van der Waals surface area contributed by atoms with Gasteiger partial charge in [0.15, 0.2) is 0 Å². The van der Waals surface area contributed by atoms with Crippen molar-refractivity contribution in [2.75, 3.05) is 6.54 Å². The number of imidazole rings is 1. The Morgan fingerprint density at radius 2 is 2.00 bits per heavy atom. The fraction of sp³-hybridized carbons (Fsp3) is 0.455. The molecule has 1 fully saturated rings. The van der Waals surface area contributed by atoms with Crippen molar-refractivity contribution in [1.29, 1.82) is 0 Å². The van der Waals surface area contributed by atoms with E-state index in [1.165, 1.54) is 0 Å². The first-order valence-corrected chi connectivity index (χ1v) is 10.5. The van der Waals surface area contributed by atoms with E-state index in [2.05, 4.69) is 25.7 Å². The van der Waals surface area contributed by atoms with Crippen molar-refractivity contribution in [2.24, 2.45) is 13.0 Å². The lowest BCUT2D eigenvalue weighted by molar-refractivity contribution is -0.126. The maximum absolute atomic E-state index is 12.4. The van der Waals surface area contributed by atoms with Crippen LogP contribution in [-0.4, -0.2) is 44.1 Å². The molecule has 0 spiro atoms. The molecule has 1 aromatic carbocycles. The summed E-state index contributed by atoms with van der Waals surface area (Å²) in [6.07, 6.45) is 8.06. The number of benzene rings is 1. The van der Waals surface area contributed by atoms with Crippen LogP contribution in [0.2, 0.25) is 0 Å². The molecular weight excluding hydrogens is 380 g/mol. The predicted octanol–water partition coefficient (Wildman–Crippen LogP) is 1.87. The molecule has 0 aliphatic heterocycles.